The summed E-state index contributed by atoms with van der Waals surface area (Å²) in [5.41, 5.74) is 2.17. The Morgan fingerprint density at radius 2 is 1.86 bits per heavy atom. The number of alkyl halides is 3. The number of hydrogen-bond donors (Lipinski definition) is 1. The molecule has 0 spiro atoms. The topological polar surface area (TPSA) is 21.3 Å². The molecule has 0 saturated heterocycles. The van der Waals surface area contributed by atoms with Gasteiger partial charge in [0.1, 0.15) is 5.75 Å². The van der Waals surface area contributed by atoms with Crippen molar-refractivity contribution >= 4 is 11.3 Å². The first kappa shape index (κ1) is 15.9. The van der Waals surface area contributed by atoms with Gasteiger partial charge < -0.3 is 10.1 Å². The minimum atomic E-state index is -4.65. The molecule has 1 aromatic heterocycles. The molecule has 1 atom stereocenters. The van der Waals surface area contributed by atoms with Crippen molar-refractivity contribution in [3.8, 4) is 5.75 Å². The van der Waals surface area contributed by atoms with E-state index in [4.69, 9.17) is 0 Å². The first-order valence-electron chi connectivity index (χ1n) is 6.45. The molecule has 6 heteroatoms. The van der Waals surface area contributed by atoms with Crippen LogP contribution in [0.2, 0.25) is 0 Å². The molecule has 2 nitrogen and oxygen atoms in total. The second-order valence-electron chi connectivity index (χ2n) is 4.71. The van der Waals surface area contributed by atoms with Crippen LogP contribution in [0.5, 0.6) is 5.75 Å². The summed E-state index contributed by atoms with van der Waals surface area (Å²) in [5.74, 6) is -0.195. The van der Waals surface area contributed by atoms with Gasteiger partial charge >= 0.3 is 6.36 Å². The number of rotatable bonds is 5. The molecule has 1 heterocycles. The molecule has 0 aliphatic carbocycles. The normalized spacial score (nSPS) is 13.2. The zero-order valence-electron chi connectivity index (χ0n) is 11.7. The average molecular weight is 315 g/mol. The van der Waals surface area contributed by atoms with Crippen molar-refractivity contribution in [1.29, 1.82) is 0 Å². The highest BCUT2D eigenvalue weighted by molar-refractivity contribution is 7.10. The molecule has 0 aliphatic heterocycles. The molecule has 2 rings (SSSR count). The molecule has 1 aromatic carbocycles. The molecule has 0 fully saturated rings. The highest BCUT2D eigenvalue weighted by Crippen LogP contribution is 2.28. The van der Waals surface area contributed by atoms with E-state index in [2.05, 4.69) is 23.0 Å². The summed E-state index contributed by atoms with van der Waals surface area (Å²) in [4.78, 5) is 1.24. The van der Waals surface area contributed by atoms with E-state index < -0.39 is 6.36 Å². The van der Waals surface area contributed by atoms with E-state index >= 15 is 0 Å². The molecule has 1 N–H and O–H groups in total. The van der Waals surface area contributed by atoms with E-state index in [0.717, 1.165) is 5.56 Å². The van der Waals surface area contributed by atoms with Crippen LogP contribution in [0.15, 0.2) is 35.7 Å². The standard InChI is InChI=1S/C15H16F3NOS/c1-10-7-8-21-14(10)13(19-2)9-11-3-5-12(6-4-11)20-15(16,17)18/h3-8,13,19H,9H2,1-2H3. The Morgan fingerprint density at radius 3 is 2.33 bits per heavy atom. The number of hydrogen-bond acceptors (Lipinski definition) is 3. The van der Waals surface area contributed by atoms with Crippen molar-refractivity contribution in [3.63, 3.8) is 0 Å². The van der Waals surface area contributed by atoms with Gasteiger partial charge in [-0.05, 0) is 55.1 Å². The molecule has 0 bridgehead atoms. The molecule has 0 saturated carbocycles. The summed E-state index contributed by atoms with van der Waals surface area (Å²) in [6.45, 7) is 2.05. The van der Waals surface area contributed by atoms with Crippen LogP contribution in [0, 0.1) is 6.92 Å². The van der Waals surface area contributed by atoms with Crippen molar-refractivity contribution in [2.45, 2.75) is 25.7 Å². The van der Waals surface area contributed by atoms with Crippen LogP contribution >= 0.6 is 11.3 Å². The maximum Gasteiger partial charge on any atom is 0.573 e. The summed E-state index contributed by atoms with van der Waals surface area (Å²) in [5, 5.41) is 5.28. The van der Waals surface area contributed by atoms with E-state index in [1.165, 1.54) is 22.6 Å². The summed E-state index contributed by atoms with van der Waals surface area (Å²) in [6.07, 6.45) is -3.94. The third kappa shape index (κ3) is 4.47. The third-order valence-electron chi connectivity index (χ3n) is 3.16. The van der Waals surface area contributed by atoms with Crippen molar-refractivity contribution in [3.05, 3.63) is 51.7 Å². The molecule has 114 valence electrons. The van der Waals surface area contributed by atoms with Crippen LogP contribution in [0.25, 0.3) is 0 Å². The van der Waals surface area contributed by atoms with Crippen LogP contribution in [-0.4, -0.2) is 13.4 Å². The summed E-state index contributed by atoms with van der Waals surface area (Å²) in [7, 11) is 1.88. The fraction of sp³-hybridized carbons (Fsp3) is 0.333. The Hall–Kier alpha value is -1.53. The van der Waals surface area contributed by atoms with Gasteiger partial charge in [-0.2, -0.15) is 0 Å². The Balaban J connectivity index is 2.07. The lowest BCUT2D eigenvalue weighted by Gasteiger charge is -2.16. The van der Waals surface area contributed by atoms with Gasteiger partial charge in [-0.3, -0.25) is 0 Å². The van der Waals surface area contributed by atoms with E-state index in [1.54, 1.807) is 23.5 Å². The van der Waals surface area contributed by atoms with E-state index in [0.29, 0.717) is 6.42 Å². The number of likely N-dealkylation sites (N-methyl/N-ethyl adjacent to an activating group) is 1. The van der Waals surface area contributed by atoms with Crippen LogP contribution < -0.4 is 10.1 Å². The predicted octanol–water partition coefficient (Wildman–Crippen LogP) is 4.46. The largest absolute Gasteiger partial charge is 0.573 e. The van der Waals surface area contributed by atoms with Crippen LogP contribution in [0.4, 0.5) is 13.2 Å². The van der Waals surface area contributed by atoms with Crippen molar-refractivity contribution in [2.24, 2.45) is 0 Å². The highest BCUT2D eigenvalue weighted by Gasteiger charge is 2.30. The van der Waals surface area contributed by atoms with Gasteiger partial charge in [-0.15, -0.1) is 24.5 Å². The first-order valence-corrected chi connectivity index (χ1v) is 7.33. The smallest absolute Gasteiger partial charge is 0.406 e. The monoisotopic (exact) mass is 315 g/mol. The number of halogens is 3. The minimum Gasteiger partial charge on any atom is -0.406 e. The minimum absolute atomic E-state index is 0.152. The van der Waals surface area contributed by atoms with Crippen LogP contribution in [0.3, 0.4) is 0 Å². The molecule has 1 unspecified atom stereocenters. The van der Waals surface area contributed by atoms with Gasteiger partial charge in [0, 0.05) is 10.9 Å². The molecule has 0 amide bonds. The highest BCUT2D eigenvalue weighted by atomic mass is 32.1. The first-order chi connectivity index (χ1) is 9.89. The maximum absolute atomic E-state index is 12.1. The van der Waals surface area contributed by atoms with Gasteiger partial charge in [0.15, 0.2) is 0 Å². The van der Waals surface area contributed by atoms with Gasteiger partial charge in [-0.25, -0.2) is 0 Å². The molecule has 0 radical (unpaired) electrons. The Labute approximate surface area is 125 Å². The average Bonchev–Trinajstić information content (AvgIpc) is 2.82. The lowest BCUT2D eigenvalue weighted by Crippen LogP contribution is -2.19. The van der Waals surface area contributed by atoms with Crippen LogP contribution in [-0.2, 0) is 6.42 Å². The lowest BCUT2D eigenvalue weighted by molar-refractivity contribution is -0.274. The molecule has 2 aromatic rings. The number of aryl methyl sites for hydroxylation is 1. The van der Waals surface area contributed by atoms with Gasteiger partial charge in [-0.1, -0.05) is 12.1 Å². The van der Waals surface area contributed by atoms with E-state index in [1.807, 2.05) is 12.4 Å². The Bertz CT molecular complexity index is 577. The second-order valence-corrected chi connectivity index (χ2v) is 5.65. The van der Waals surface area contributed by atoms with Gasteiger partial charge in [0.2, 0.25) is 0 Å². The molecule has 21 heavy (non-hydrogen) atoms. The predicted molar refractivity (Wildman–Crippen MR) is 77.7 cm³/mol. The zero-order chi connectivity index (χ0) is 15.5. The quantitative estimate of drug-likeness (QED) is 0.879. The SMILES string of the molecule is CNC(Cc1ccc(OC(F)(F)F)cc1)c1sccc1C. The Morgan fingerprint density at radius 1 is 1.19 bits per heavy atom. The fourth-order valence-corrected chi connectivity index (χ4v) is 3.17. The zero-order valence-corrected chi connectivity index (χ0v) is 12.5. The van der Waals surface area contributed by atoms with Crippen LogP contribution in [0.1, 0.15) is 22.0 Å². The maximum atomic E-state index is 12.1. The van der Waals surface area contributed by atoms with E-state index in [-0.39, 0.29) is 11.8 Å². The summed E-state index contributed by atoms with van der Waals surface area (Å²) >= 11 is 1.68. The number of benzene rings is 1. The molecular weight excluding hydrogens is 299 g/mol. The fourth-order valence-electron chi connectivity index (χ4n) is 2.13. The van der Waals surface area contributed by atoms with Crippen molar-refractivity contribution in [2.75, 3.05) is 7.05 Å². The van der Waals surface area contributed by atoms with Gasteiger partial charge in [0.05, 0.1) is 0 Å². The number of nitrogens with one attached hydrogen (secondary N) is 1. The second kappa shape index (κ2) is 6.49. The van der Waals surface area contributed by atoms with Gasteiger partial charge in [0.25, 0.3) is 0 Å². The Kier molecular flexibility index (Phi) is 4.90. The summed E-state index contributed by atoms with van der Waals surface area (Å²) in [6, 6.07) is 8.22. The molecular formula is C15H16F3NOS. The lowest BCUT2D eigenvalue weighted by atomic mass is 10.0. The number of thiophene rings is 1. The van der Waals surface area contributed by atoms with E-state index in [9.17, 15) is 13.2 Å². The summed E-state index contributed by atoms with van der Waals surface area (Å²) < 4.78 is 40.2. The molecule has 0 aliphatic rings. The number of ether oxygens (including phenoxy) is 1. The van der Waals surface area contributed by atoms with Crippen molar-refractivity contribution in [1.82, 2.24) is 5.32 Å². The third-order valence-corrected chi connectivity index (χ3v) is 4.30. The van der Waals surface area contributed by atoms with Crippen molar-refractivity contribution < 1.29 is 17.9 Å².